The monoisotopic (exact) mass is 395 g/mol. The van der Waals surface area contributed by atoms with E-state index in [1.54, 1.807) is 30.3 Å². The molecule has 0 spiro atoms. The first-order chi connectivity index (χ1) is 9.99. The first kappa shape index (κ1) is 15.5. The molecule has 0 heterocycles. The van der Waals surface area contributed by atoms with Gasteiger partial charge in [-0.3, -0.25) is 9.59 Å². The molecule has 2 aromatic carbocycles. The molecule has 21 heavy (non-hydrogen) atoms. The molecule has 1 amide bonds. The van der Waals surface area contributed by atoms with Crippen LogP contribution < -0.4 is 5.32 Å². The fraction of sp³-hybridized carbons (Fsp3) is 0.125. The lowest BCUT2D eigenvalue weighted by Gasteiger charge is -2.11. The summed E-state index contributed by atoms with van der Waals surface area (Å²) in [6.07, 6.45) is -0.124. The Morgan fingerprint density at radius 2 is 1.86 bits per heavy atom. The van der Waals surface area contributed by atoms with Crippen molar-refractivity contribution in [3.63, 3.8) is 0 Å². The van der Waals surface area contributed by atoms with E-state index in [0.29, 0.717) is 16.8 Å². The van der Waals surface area contributed by atoms with E-state index in [9.17, 15) is 9.59 Å². The normalized spacial score (nSPS) is 10.2. The number of carbonyl (C=O) groups excluding carboxylic acids is 1. The van der Waals surface area contributed by atoms with E-state index in [2.05, 4.69) is 27.9 Å². The van der Waals surface area contributed by atoms with Crippen molar-refractivity contribution >= 4 is 40.2 Å². The maximum atomic E-state index is 12.4. The van der Waals surface area contributed by atoms with Gasteiger partial charge in [-0.25, -0.2) is 0 Å². The summed E-state index contributed by atoms with van der Waals surface area (Å²) in [5.41, 5.74) is 2.73. The van der Waals surface area contributed by atoms with E-state index >= 15 is 0 Å². The van der Waals surface area contributed by atoms with Gasteiger partial charge in [0.2, 0.25) is 0 Å². The number of hydrogen-bond acceptors (Lipinski definition) is 2. The summed E-state index contributed by atoms with van der Waals surface area (Å²) in [6, 6.07) is 12.5. The quantitative estimate of drug-likeness (QED) is 0.780. The molecular weight excluding hydrogens is 381 g/mol. The highest BCUT2D eigenvalue weighted by Gasteiger charge is 2.14. The van der Waals surface area contributed by atoms with E-state index in [0.717, 1.165) is 9.13 Å². The van der Waals surface area contributed by atoms with Crippen LogP contribution in [0.2, 0.25) is 0 Å². The largest absolute Gasteiger partial charge is 0.481 e. The topological polar surface area (TPSA) is 66.4 Å². The highest BCUT2D eigenvalue weighted by atomic mass is 127. The van der Waals surface area contributed by atoms with Crippen molar-refractivity contribution in [2.45, 2.75) is 13.3 Å². The summed E-state index contributed by atoms with van der Waals surface area (Å²) in [5.74, 6) is -1.16. The van der Waals surface area contributed by atoms with Crippen LogP contribution in [-0.4, -0.2) is 17.0 Å². The number of anilines is 1. The molecule has 5 heteroatoms. The zero-order valence-electron chi connectivity index (χ0n) is 11.4. The summed E-state index contributed by atoms with van der Waals surface area (Å²) < 4.78 is 0.892. The van der Waals surface area contributed by atoms with E-state index in [1.807, 2.05) is 19.1 Å². The maximum Gasteiger partial charge on any atom is 0.307 e. The van der Waals surface area contributed by atoms with Crippen molar-refractivity contribution in [1.29, 1.82) is 0 Å². The third-order valence-corrected chi connectivity index (χ3v) is 4.48. The molecule has 4 nitrogen and oxygen atoms in total. The van der Waals surface area contributed by atoms with Gasteiger partial charge >= 0.3 is 5.97 Å². The Hall–Kier alpha value is -1.89. The van der Waals surface area contributed by atoms with Crippen molar-refractivity contribution in [2.75, 3.05) is 5.32 Å². The molecule has 0 saturated carbocycles. The molecule has 0 saturated heterocycles. The molecule has 0 atom stereocenters. The summed E-state index contributed by atoms with van der Waals surface area (Å²) >= 11 is 2.14. The van der Waals surface area contributed by atoms with Crippen molar-refractivity contribution in [1.82, 2.24) is 0 Å². The van der Waals surface area contributed by atoms with E-state index in [1.165, 1.54) is 0 Å². The molecule has 108 valence electrons. The zero-order chi connectivity index (χ0) is 15.4. The van der Waals surface area contributed by atoms with Crippen molar-refractivity contribution < 1.29 is 14.7 Å². The van der Waals surface area contributed by atoms with E-state index in [-0.39, 0.29) is 12.3 Å². The Balaban J connectivity index is 2.28. The van der Waals surface area contributed by atoms with Gasteiger partial charge in [-0.15, -0.1) is 0 Å². The first-order valence-corrected chi connectivity index (χ1v) is 7.43. The number of halogens is 1. The smallest absolute Gasteiger partial charge is 0.307 e. The summed E-state index contributed by atoms with van der Waals surface area (Å²) in [4.78, 5) is 23.2. The Bertz CT molecular complexity index is 698. The lowest BCUT2D eigenvalue weighted by atomic mass is 10.1. The second-order valence-electron chi connectivity index (χ2n) is 4.62. The van der Waals surface area contributed by atoms with Crippen LogP contribution in [-0.2, 0) is 11.2 Å². The van der Waals surface area contributed by atoms with Crippen LogP contribution in [0.1, 0.15) is 21.5 Å². The highest BCUT2D eigenvalue weighted by Crippen LogP contribution is 2.20. The lowest BCUT2D eigenvalue weighted by molar-refractivity contribution is -0.136. The van der Waals surface area contributed by atoms with Crippen molar-refractivity contribution in [3.05, 3.63) is 62.7 Å². The second-order valence-corrected chi connectivity index (χ2v) is 5.70. The zero-order valence-corrected chi connectivity index (χ0v) is 13.5. The first-order valence-electron chi connectivity index (χ1n) is 6.35. The minimum atomic E-state index is -0.929. The molecule has 0 aliphatic rings. The molecule has 0 unspecified atom stereocenters. The predicted molar refractivity (Wildman–Crippen MR) is 89.6 cm³/mol. The number of carbonyl (C=O) groups is 2. The predicted octanol–water partition coefficient (Wildman–Crippen LogP) is 3.48. The summed E-state index contributed by atoms with van der Waals surface area (Å²) in [5, 5.41) is 11.7. The Morgan fingerprint density at radius 1 is 1.14 bits per heavy atom. The number of carboxylic acids is 1. The van der Waals surface area contributed by atoms with Gasteiger partial charge in [-0.05, 0) is 52.8 Å². The number of nitrogens with one attached hydrogen (secondary N) is 1. The van der Waals surface area contributed by atoms with Gasteiger partial charge in [0.15, 0.2) is 0 Å². The number of para-hydroxylation sites is 1. The SMILES string of the molecule is Cc1cccc(C(=O)Nc2ccccc2CC(=O)O)c1I. The lowest BCUT2D eigenvalue weighted by Crippen LogP contribution is -2.16. The number of aryl methyl sites for hydroxylation is 1. The molecule has 0 radical (unpaired) electrons. The minimum absolute atomic E-state index is 0.124. The van der Waals surface area contributed by atoms with E-state index < -0.39 is 5.97 Å². The Morgan fingerprint density at radius 3 is 2.57 bits per heavy atom. The maximum absolute atomic E-state index is 12.4. The fourth-order valence-electron chi connectivity index (χ4n) is 1.97. The van der Waals surface area contributed by atoms with Gasteiger partial charge in [0, 0.05) is 9.26 Å². The van der Waals surface area contributed by atoms with Crippen molar-refractivity contribution in [3.8, 4) is 0 Å². The molecular formula is C16H14INO3. The third kappa shape index (κ3) is 3.81. The standard InChI is InChI=1S/C16H14INO3/c1-10-5-4-7-12(15(10)17)16(21)18-13-8-3-2-6-11(13)9-14(19)20/h2-8H,9H2,1H3,(H,18,21)(H,19,20). The van der Waals surface area contributed by atoms with Crippen LogP contribution in [0, 0.1) is 10.5 Å². The average molecular weight is 395 g/mol. The number of carboxylic acid groups (broad SMARTS) is 1. The molecule has 0 aliphatic heterocycles. The number of rotatable bonds is 4. The van der Waals surface area contributed by atoms with Crippen LogP contribution in [0.4, 0.5) is 5.69 Å². The van der Waals surface area contributed by atoms with Crippen molar-refractivity contribution in [2.24, 2.45) is 0 Å². The van der Waals surface area contributed by atoms with Crippen LogP contribution in [0.3, 0.4) is 0 Å². The van der Waals surface area contributed by atoms with Gasteiger partial charge in [0.25, 0.3) is 5.91 Å². The van der Waals surface area contributed by atoms with Gasteiger partial charge in [0.05, 0.1) is 12.0 Å². The third-order valence-electron chi connectivity index (χ3n) is 3.04. The molecule has 0 bridgehead atoms. The molecule has 2 aromatic rings. The molecule has 2 rings (SSSR count). The average Bonchev–Trinajstić information content (AvgIpc) is 2.43. The van der Waals surface area contributed by atoms with Crippen LogP contribution in [0.5, 0.6) is 0 Å². The summed E-state index contributed by atoms with van der Waals surface area (Å²) in [7, 11) is 0. The van der Waals surface area contributed by atoms with Gasteiger partial charge in [-0.1, -0.05) is 30.3 Å². The Kier molecular flexibility index (Phi) is 4.95. The molecule has 2 N–H and O–H groups in total. The Labute approximate surface area is 136 Å². The molecule has 0 fully saturated rings. The molecule has 0 aliphatic carbocycles. The summed E-state index contributed by atoms with van der Waals surface area (Å²) in [6.45, 7) is 1.94. The highest BCUT2D eigenvalue weighted by molar-refractivity contribution is 14.1. The number of hydrogen-bond donors (Lipinski definition) is 2. The van der Waals surface area contributed by atoms with Crippen LogP contribution in [0.15, 0.2) is 42.5 Å². The van der Waals surface area contributed by atoms with Crippen LogP contribution >= 0.6 is 22.6 Å². The van der Waals surface area contributed by atoms with Gasteiger partial charge in [-0.2, -0.15) is 0 Å². The minimum Gasteiger partial charge on any atom is -0.481 e. The number of benzene rings is 2. The van der Waals surface area contributed by atoms with Gasteiger partial charge in [0.1, 0.15) is 0 Å². The van der Waals surface area contributed by atoms with Crippen LogP contribution in [0.25, 0.3) is 0 Å². The van der Waals surface area contributed by atoms with E-state index in [4.69, 9.17) is 5.11 Å². The molecule has 0 aromatic heterocycles. The fourth-order valence-corrected chi connectivity index (χ4v) is 2.58. The second kappa shape index (κ2) is 6.71. The van der Waals surface area contributed by atoms with Gasteiger partial charge < -0.3 is 10.4 Å². The number of amides is 1. The number of aliphatic carboxylic acids is 1.